The smallest absolute Gasteiger partial charge is 0.250 e. The Morgan fingerprint density at radius 1 is 1.05 bits per heavy atom. The fourth-order valence-electron chi connectivity index (χ4n) is 5.21. The highest BCUT2D eigenvalue weighted by atomic mass is 35.5. The molecule has 1 amide bonds. The van der Waals surface area contributed by atoms with Crippen LogP contribution in [0.25, 0.3) is 10.1 Å². The van der Waals surface area contributed by atoms with Crippen LogP contribution in [0.1, 0.15) is 74.4 Å². The van der Waals surface area contributed by atoms with Gasteiger partial charge in [-0.3, -0.25) is 4.79 Å². The lowest BCUT2D eigenvalue weighted by Crippen LogP contribution is -2.36. The number of carbonyl (C=O) groups excluding carboxylic acids is 1. The molecule has 1 aliphatic rings. The van der Waals surface area contributed by atoms with Gasteiger partial charge in [0.05, 0.1) is 12.1 Å². The highest BCUT2D eigenvalue weighted by molar-refractivity contribution is 7.91. The van der Waals surface area contributed by atoms with Crippen molar-refractivity contribution >= 4 is 49.0 Å². The molecule has 0 bridgehead atoms. The van der Waals surface area contributed by atoms with Crippen molar-refractivity contribution < 1.29 is 13.2 Å². The predicted octanol–water partition coefficient (Wildman–Crippen LogP) is 7.05. The molecule has 3 N–H and O–H groups in total. The molecular formula is C32H36ClN3O3S2. The van der Waals surface area contributed by atoms with E-state index in [0.717, 1.165) is 47.0 Å². The van der Waals surface area contributed by atoms with Crippen LogP contribution in [0, 0.1) is 0 Å². The minimum absolute atomic E-state index is 0.0145. The first-order valence-corrected chi connectivity index (χ1v) is 16.6. The van der Waals surface area contributed by atoms with Crippen LogP contribution in [0.15, 0.2) is 77.0 Å². The minimum atomic E-state index is -3.89. The van der Waals surface area contributed by atoms with Gasteiger partial charge in [-0.25, -0.2) is 13.1 Å². The zero-order chi connectivity index (χ0) is 29.2. The first kappa shape index (κ1) is 29.7. The molecule has 41 heavy (non-hydrogen) atoms. The summed E-state index contributed by atoms with van der Waals surface area (Å²) in [6.07, 6.45) is 2.81. The molecular weight excluding hydrogens is 574 g/mol. The summed E-state index contributed by atoms with van der Waals surface area (Å²) in [5, 5.41) is 8.06. The summed E-state index contributed by atoms with van der Waals surface area (Å²) in [6, 6.07) is 21.9. The summed E-state index contributed by atoms with van der Waals surface area (Å²) in [5.41, 5.74) is 4.40. The van der Waals surface area contributed by atoms with Crippen LogP contribution in [0.4, 0.5) is 0 Å². The largest absolute Gasteiger partial charge is 0.349 e. The quantitative estimate of drug-likeness (QED) is 0.190. The maximum atomic E-state index is 13.5. The summed E-state index contributed by atoms with van der Waals surface area (Å²) >= 11 is 7.29. The number of hydrogen-bond acceptors (Lipinski definition) is 5. The molecule has 6 nitrogen and oxygen atoms in total. The number of halogens is 1. The lowest BCUT2D eigenvalue weighted by molar-refractivity contribution is -0.122. The average Bonchev–Trinajstić information content (AvgIpc) is 3.36. The van der Waals surface area contributed by atoms with Gasteiger partial charge in [-0.05, 0) is 91.9 Å². The molecule has 0 saturated heterocycles. The molecule has 0 unspecified atom stereocenters. The Morgan fingerprint density at radius 2 is 1.83 bits per heavy atom. The number of amides is 1. The molecule has 0 saturated carbocycles. The van der Waals surface area contributed by atoms with Gasteiger partial charge in [0.15, 0.2) is 0 Å². The van der Waals surface area contributed by atoms with E-state index in [9.17, 15) is 13.2 Å². The van der Waals surface area contributed by atoms with Gasteiger partial charge >= 0.3 is 0 Å². The lowest BCUT2D eigenvalue weighted by atomic mass is 9.86. The van der Waals surface area contributed by atoms with Crippen LogP contribution in [0.3, 0.4) is 0 Å². The van der Waals surface area contributed by atoms with Crippen molar-refractivity contribution in [2.45, 2.75) is 74.8 Å². The van der Waals surface area contributed by atoms with Crippen molar-refractivity contribution in [1.82, 2.24) is 15.4 Å². The van der Waals surface area contributed by atoms with Crippen molar-refractivity contribution in [3.8, 4) is 0 Å². The van der Waals surface area contributed by atoms with Crippen molar-refractivity contribution in [1.29, 1.82) is 0 Å². The first-order valence-electron chi connectivity index (χ1n) is 13.9. The number of thiophene rings is 1. The zero-order valence-corrected chi connectivity index (χ0v) is 25.9. The van der Waals surface area contributed by atoms with Gasteiger partial charge in [0, 0.05) is 28.2 Å². The number of sulfonamides is 1. The van der Waals surface area contributed by atoms with E-state index in [1.54, 1.807) is 18.2 Å². The third-order valence-corrected chi connectivity index (χ3v) is 10.6. The van der Waals surface area contributed by atoms with Crippen molar-refractivity contribution in [3.05, 3.63) is 100 Å². The van der Waals surface area contributed by atoms with Gasteiger partial charge in [-0.1, -0.05) is 60.1 Å². The van der Waals surface area contributed by atoms with Crippen LogP contribution in [-0.2, 0) is 27.8 Å². The molecule has 0 fully saturated rings. The number of fused-ring (bicyclic) bond motifs is 2. The molecule has 0 radical (unpaired) electrons. The summed E-state index contributed by atoms with van der Waals surface area (Å²) in [6.45, 7) is 7.24. The van der Waals surface area contributed by atoms with Gasteiger partial charge in [0.1, 0.15) is 4.21 Å². The van der Waals surface area contributed by atoms with Crippen molar-refractivity contribution in [2.75, 3.05) is 0 Å². The van der Waals surface area contributed by atoms with Crippen LogP contribution >= 0.6 is 22.9 Å². The van der Waals surface area contributed by atoms with E-state index in [1.807, 2.05) is 36.4 Å². The topological polar surface area (TPSA) is 87.3 Å². The van der Waals surface area contributed by atoms with Gasteiger partial charge in [-0.15, -0.1) is 11.3 Å². The predicted molar refractivity (Wildman–Crippen MR) is 168 cm³/mol. The molecule has 0 spiro atoms. The Bertz CT molecular complexity index is 1650. The second kappa shape index (κ2) is 12.2. The number of carbonyl (C=O) groups is 1. The third kappa shape index (κ3) is 7.56. The Hall–Kier alpha value is -2.75. The molecule has 0 aliphatic heterocycles. The zero-order valence-electron chi connectivity index (χ0n) is 23.5. The van der Waals surface area contributed by atoms with Gasteiger partial charge < -0.3 is 10.6 Å². The Kier molecular flexibility index (Phi) is 8.87. The number of benzene rings is 3. The fourth-order valence-corrected chi connectivity index (χ4v) is 8.01. The highest BCUT2D eigenvalue weighted by Crippen LogP contribution is 2.33. The Labute approximate surface area is 251 Å². The van der Waals surface area contributed by atoms with Crippen LogP contribution < -0.4 is 15.4 Å². The molecule has 3 aromatic carbocycles. The molecule has 216 valence electrons. The third-order valence-electron chi connectivity index (χ3n) is 7.29. The SMILES string of the molecule is CC(C)(C)NCc1ccc2c(c1)CCC[C@H]2NC(=O)C[C@@H](NS(=O)(=O)c1cc2cc(Cl)ccc2s1)c1ccccc1. The van der Waals surface area contributed by atoms with Gasteiger partial charge in [0.25, 0.3) is 10.0 Å². The molecule has 5 rings (SSSR count). The van der Waals surface area contributed by atoms with Crippen molar-refractivity contribution in [3.63, 3.8) is 0 Å². The average molecular weight is 610 g/mol. The van der Waals surface area contributed by atoms with E-state index in [1.165, 1.54) is 22.5 Å². The van der Waals surface area contributed by atoms with E-state index < -0.39 is 16.1 Å². The van der Waals surface area contributed by atoms with Crippen LogP contribution in [0.2, 0.25) is 5.02 Å². The van der Waals surface area contributed by atoms with Crippen LogP contribution in [-0.4, -0.2) is 19.9 Å². The summed E-state index contributed by atoms with van der Waals surface area (Å²) in [4.78, 5) is 13.4. The van der Waals surface area contributed by atoms with E-state index in [2.05, 4.69) is 54.3 Å². The van der Waals surface area contributed by atoms with Gasteiger partial charge in [0.2, 0.25) is 5.91 Å². The van der Waals surface area contributed by atoms with Crippen LogP contribution in [0.5, 0.6) is 0 Å². The van der Waals surface area contributed by atoms with E-state index >= 15 is 0 Å². The summed E-state index contributed by atoms with van der Waals surface area (Å²) in [5.74, 6) is -0.194. The summed E-state index contributed by atoms with van der Waals surface area (Å²) < 4.78 is 30.8. The first-order chi connectivity index (χ1) is 19.5. The number of rotatable bonds is 9. The number of nitrogens with one attached hydrogen (secondary N) is 3. The van der Waals surface area contributed by atoms with E-state index in [-0.39, 0.29) is 28.1 Å². The maximum absolute atomic E-state index is 13.5. The molecule has 2 atom stereocenters. The molecule has 1 heterocycles. The van der Waals surface area contributed by atoms with Crippen molar-refractivity contribution in [2.24, 2.45) is 0 Å². The number of aryl methyl sites for hydroxylation is 1. The normalized spacial score (nSPS) is 16.3. The number of hydrogen-bond donors (Lipinski definition) is 3. The fraction of sp³-hybridized carbons (Fsp3) is 0.344. The van der Waals surface area contributed by atoms with E-state index in [4.69, 9.17) is 11.6 Å². The Balaban J connectivity index is 1.32. The maximum Gasteiger partial charge on any atom is 0.250 e. The minimum Gasteiger partial charge on any atom is -0.349 e. The Morgan fingerprint density at radius 3 is 2.59 bits per heavy atom. The molecule has 4 aromatic rings. The second-order valence-electron chi connectivity index (χ2n) is 11.7. The molecule has 1 aliphatic carbocycles. The second-order valence-corrected chi connectivity index (χ2v) is 15.1. The highest BCUT2D eigenvalue weighted by Gasteiger charge is 2.28. The standard InChI is InChI=1S/C32H36ClN3O3S2/c1-32(2,3)34-20-21-12-14-26-23(16-21)10-7-11-27(26)35-30(37)19-28(22-8-5-4-6-9-22)36-41(38,39)31-18-24-17-25(33)13-15-29(24)40-31/h4-6,8-9,12-18,27-28,34,36H,7,10-11,19-20H2,1-3H3,(H,35,37)/t27-,28-/m1/s1. The monoisotopic (exact) mass is 609 g/mol. The lowest BCUT2D eigenvalue weighted by Gasteiger charge is -2.28. The molecule has 9 heteroatoms. The van der Waals surface area contributed by atoms with E-state index in [0.29, 0.717) is 5.02 Å². The summed E-state index contributed by atoms with van der Waals surface area (Å²) in [7, 11) is -3.89. The molecule has 1 aromatic heterocycles. The van der Waals surface area contributed by atoms with Gasteiger partial charge in [-0.2, -0.15) is 0 Å².